The molecule has 2 rings (SSSR count). The van der Waals surface area contributed by atoms with Gasteiger partial charge in [0.15, 0.2) is 0 Å². The van der Waals surface area contributed by atoms with Crippen LogP contribution in [-0.4, -0.2) is 65.8 Å². The van der Waals surface area contributed by atoms with E-state index in [2.05, 4.69) is 5.92 Å². The molecule has 2 aliphatic rings. The lowest BCUT2D eigenvalue weighted by Crippen LogP contribution is -2.48. The molecular weight excluding hydrogens is 296 g/mol. The van der Waals surface area contributed by atoms with Gasteiger partial charge in [-0.05, 0) is 33.6 Å². The van der Waals surface area contributed by atoms with E-state index in [1.54, 1.807) is 0 Å². The summed E-state index contributed by atoms with van der Waals surface area (Å²) in [5.74, 6) is 2.41. The number of amides is 2. The highest BCUT2D eigenvalue weighted by Crippen LogP contribution is 2.26. The highest BCUT2D eigenvalue weighted by Gasteiger charge is 2.43. The van der Waals surface area contributed by atoms with Crippen molar-refractivity contribution in [2.75, 3.05) is 26.2 Å². The average Bonchev–Trinajstić information content (AvgIpc) is 3.12. The molecule has 128 valence electrons. The minimum Gasteiger partial charge on any atom is -0.444 e. The fourth-order valence-electron chi connectivity index (χ4n) is 2.99. The van der Waals surface area contributed by atoms with Crippen LogP contribution in [0.1, 0.15) is 40.0 Å². The Morgan fingerprint density at radius 1 is 1.26 bits per heavy atom. The van der Waals surface area contributed by atoms with Gasteiger partial charge in [-0.2, -0.15) is 0 Å². The number of carbonyl (C=O) groups excluding carboxylic acids is 2. The molecule has 2 atom stereocenters. The van der Waals surface area contributed by atoms with Gasteiger partial charge in [0, 0.05) is 19.5 Å². The van der Waals surface area contributed by atoms with Crippen LogP contribution in [0.4, 0.5) is 4.79 Å². The molecule has 0 aromatic carbocycles. The molecule has 0 unspecified atom stereocenters. The van der Waals surface area contributed by atoms with Crippen molar-refractivity contribution in [2.45, 2.75) is 57.8 Å². The highest BCUT2D eigenvalue weighted by atomic mass is 16.6. The van der Waals surface area contributed by atoms with E-state index in [9.17, 15) is 9.59 Å². The largest absolute Gasteiger partial charge is 0.444 e. The number of carbonyl (C=O) groups is 2. The molecule has 0 bridgehead atoms. The Bertz CT molecular complexity index is 486. The van der Waals surface area contributed by atoms with Crippen molar-refractivity contribution in [1.29, 1.82) is 0 Å². The van der Waals surface area contributed by atoms with E-state index in [0.29, 0.717) is 13.0 Å². The molecule has 2 saturated heterocycles. The molecule has 0 spiro atoms. The van der Waals surface area contributed by atoms with E-state index in [1.807, 2.05) is 25.7 Å². The summed E-state index contributed by atoms with van der Waals surface area (Å²) in [7, 11) is 0. The molecule has 23 heavy (non-hydrogen) atoms. The number of hydrogen-bond donors (Lipinski definition) is 0. The lowest BCUT2D eigenvalue weighted by molar-refractivity contribution is -0.134. The Hall–Kier alpha value is -1.74. The van der Waals surface area contributed by atoms with E-state index >= 15 is 0 Å². The van der Waals surface area contributed by atoms with Crippen molar-refractivity contribution in [3.8, 4) is 12.3 Å². The van der Waals surface area contributed by atoms with E-state index in [0.717, 1.165) is 25.9 Å². The lowest BCUT2D eigenvalue weighted by atomic mass is 10.1. The quantitative estimate of drug-likeness (QED) is 0.741. The number of terminal acetylenes is 1. The van der Waals surface area contributed by atoms with Crippen LogP contribution in [0.2, 0.25) is 0 Å². The van der Waals surface area contributed by atoms with Gasteiger partial charge >= 0.3 is 6.09 Å². The first-order valence-electron chi connectivity index (χ1n) is 8.15. The van der Waals surface area contributed by atoms with Crippen LogP contribution in [0.3, 0.4) is 0 Å². The number of likely N-dealkylation sites (tertiary alicyclic amines) is 2. The predicted molar refractivity (Wildman–Crippen MR) is 85.7 cm³/mol. The third-order valence-corrected chi connectivity index (χ3v) is 4.00. The van der Waals surface area contributed by atoms with Gasteiger partial charge in [-0.1, -0.05) is 5.92 Å². The van der Waals surface area contributed by atoms with Crippen LogP contribution in [0, 0.1) is 12.3 Å². The Labute approximate surface area is 138 Å². The van der Waals surface area contributed by atoms with Crippen molar-refractivity contribution in [3.05, 3.63) is 0 Å². The molecular formula is C17H26N2O4. The second kappa shape index (κ2) is 7.22. The third kappa shape index (κ3) is 4.61. The average molecular weight is 322 g/mol. The Balaban J connectivity index is 2.08. The van der Waals surface area contributed by atoms with Gasteiger partial charge in [-0.3, -0.25) is 9.69 Å². The number of nitrogens with zero attached hydrogens (tertiary/aromatic N) is 2. The van der Waals surface area contributed by atoms with Crippen LogP contribution >= 0.6 is 0 Å². The molecule has 0 aliphatic carbocycles. The molecule has 0 saturated carbocycles. The smallest absolute Gasteiger partial charge is 0.411 e. The van der Waals surface area contributed by atoms with Gasteiger partial charge in [0.05, 0.1) is 12.6 Å². The Morgan fingerprint density at radius 3 is 2.48 bits per heavy atom. The first-order chi connectivity index (χ1) is 10.8. The summed E-state index contributed by atoms with van der Waals surface area (Å²) in [4.78, 5) is 28.5. The van der Waals surface area contributed by atoms with E-state index in [-0.39, 0.29) is 18.6 Å². The molecule has 6 nitrogen and oxygen atoms in total. The normalized spacial score (nSPS) is 24.6. The van der Waals surface area contributed by atoms with Gasteiger partial charge < -0.3 is 14.4 Å². The highest BCUT2D eigenvalue weighted by molar-refractivity contribution is 5.86. The molecule has 0 N–H and O–H groups in total. The number of rotatable bonds is 3. The van der Waals surface area contributed by atoms with Crippen LogP contribution in [-0.2, 0) is 14.3 Å². The summed E-state index contributed by atoms with van der Waals surface area (Å²) in [5, 5.41) is 0. The second-order valence-electron chi connectivity index (χ2n) is 7.05. The standard InChI is InChI=1S/C17H26N2O4/c1-5-10-22-13-11-14(15(20)18-8-6-7-9-18)19(12-13)16(21)23-17(2,3)4/h1,13-14H,6-12H2,2-4H3/t13-,14+/m1/s1. The van der Waals surface area contributed by atoms with Crippen molar-refractivity contribution in [3.63, 3.8) is 0 Å². The maximum atomic E-state index is 12.7. The fourth-order valence-corrected chi connectivity index (χ4v) is 2.99. The zero-order chi connectivity index (χ0) is 17.0. The van der Waals surface area contributed by atoms with Gasteiger partial charge in [0.2, 0.25) is 5.91 Å². The molecule has 2 heterocycles. The summed E-state index contributed by atoms with van der Waals surface area (Å²) in [6, 6.07) is -0.522. The van der Waals surface area contributed by atoms with Crippen molar-refractivity contribution in [2.24, 2.45) is 0 Å². The molecule has 2 amide bonds. The van der Waals surface area contributed by atoms with Crippen LogP contribution < -0.4 is 0 Å². The van der Waals surface area contributed by atoms with E-state index < -0.39 is 17.7 Å². The molecule has 0 aromatic heterocycles. The topological polar surface area (TPSA) is 59.1 Å². The summed E-state index contributed by atoms with van der Waals surface area (Å²) < 4.78 is 11.0. The van der Waals surface area contributed by atoms with Crippen LogP contribution in [0.15, 0.2) is 0 Å². The van der Waals surface area contributed by atoms with Gasteiger partial charge in [-0.25, -0.2) is 4.79 Å². The minimum absolute atomic E-state index is 0.0137. The number of ether oxygens (including phenoxy) is 2. The zero-order valence-corrected chi connectivity index (χ0v) is 14.2. The predicted octanol–water partition coefficient (Wildman–Crippen LogP) is 1.64. The minimum atomic E-state index is -0.601. The zero-order valence-electron chi connectivity index (χ0n) is 14.2. The summed E-state index contributed by atoms with van der Waals surface area (Å²) in [5.41, 5.74) is -0.601. The number of hydrogen-bond acceptors (Lipinski definition) is 4. The van der Waals surface area contributed by atoms with Crippen LogP contribution in [0.25, 0.3) is 0 Å². The molecule has 2 aliphatic heterocycles. The summed E-state index contributed by atoms with van der Waals surface area (Å²) >= 11 is 0. The molecule has 2 fully saturated rings. The van der Waals surface area contributed by atoms with E-state index in [4.69, 9.17) is 15.9 Å². The summed E-state index contributed by atoms with van der Waals surface area (Å²) in [6.45, 7) is 7.46. The first kappa shape index (κ1) is 17.6. The Kier molecular flexibility index (Phi) is 5.53. The monoisotopic (exact) mass is 322 g/mol. The maximum Gasteiger partial charge on any atom is 0.411 e. The van der Waals surface area contributed by atoms with Gasteiger partial charge in [-0.15, -0.1) is 6.42 Å². The Morgan fingerprint density at radius 2 is 1.91 bits per heavy atom. The van der Waals surface area contributed by atoms with Crippen molar-refractivity contribution >= 4 is 12.0 Å². The maximum absolute atomic E-state index is 12.7. The molecule has 0 aromatic rings. The van der Waals surface area contributed by atoms with Crippen molar-refractivity contribution < 1.29 is 19.1 Å². The van der Waals surface area contributed by atoms with E-state index in [1.165, 1.54) is 4.90 Å². The van der Waals surface area contributed by atoms with Gasteiger partial charge in [0.1, 0.15) is 18.2 Å². The molecule has 0 radical (unpaired) electrons. The lowest BCUT2D eigenvalue weighted by Gasteiger charge is -2.29. The third-order valence-electron chi connectivity index (χ3n) is 4.00. The first-order valence-corrected chi connectivity index (χ1v) is 8.15. The second-order valence-corrected chi connectivity index (χ2v) is 7.05. The van der Waals surface area contributed by atoms with Crippen LogP contribution in [0.5, 0.6) is 0 Å². The SMILES string of the molecule is C#CCO[C@@H]1C[C@@H](C(=O)N2CCCC2)N(C(=O)OC(C)(C)C)C1. The van der Waals surface area contributed by atoms with Gasteiger partial charge in [0.25, 0.3) is 0 Å². The molecule has 6 heteroatoms. The summed E-state index contributed by atoms with van der Waals surface area (Å²) in [6.07, 6.45) is 7.03. The fraction of sp³-hybridized carbons (Fsp3) is 0.765. The van der Waals surface area contributed by atoms with Crippen molar-refractivity contribution in [1.82, 2.24) is 9.80 Å².